The molecule has 2 aromatic rings. The number of fused-ring (bicyclic) bond motifs is 1. The molecule has 0 aliphatic heterocycles. The molecule has 8 heteroatoms. The number of hydrogen-bond acceptors (Lipinski definition) is 6. The number of nitrogens with one attached hydrogen (secondary N) is 1. The summed E-state index contributed by atoms with van der Waals surface area (Å²) in [5.74, 6) is 0.709. The maximum absolute atomic E-state index is 10.9. The van der Waals surface area contributed by atoms with Crippen LogP contribution < -0.4 is 9.62 Å². The SMILES string of the molecule is CN(CCN[S+](C)[O-])c1cc(=S)c2scc(Br)c2o1. The lowest BCUT2D eigenvalue weighted by Gasteiger charge is -2.17. The zero-order chi connectivity index (χ0) is 14.0. The average molecular weight is 381 g/mol. The Kier molecular flexibility index (Phi) is 5.27. The highest BCUT2D eigenvalue weighted by Gasteiger charge is 2.11. The third-order valence-corrected chi connectivity index (χ3v) is 5.47. The number of likely N-dealkylation sites (N-methyl/N-ethyl adjacent to an activating group) is 1. The summed E-state index contributed by atoms with van der Waals surface area (Å²) < 4.78 is 22.3. The van der Waals surface area contributed by atoms with Gasteiger partial charge in [0.2, 0.25) is 0 Å². The summed E-state index contributed by atoms with van der Waals surface area (Å²) in [7, 11) is 1.92. The van der Waals surface area contributed by atoms with E-state index in [4.69, 9.17) is 16.6 Å². The molecule has 1 atom stereocenters. The summed E-state index contributed by atoms with van der Waals surface area (Å²) >= 11 is 9.39. The lowest BCUT2D eigenvalue weighted by molar-refractivity contribution is 0.573. The second-order valence-corrected chi connectivity index (χ2v) is 7.33. The summed E-state index contributed by atoms with van der Waals surface area (Å²) in [6.07, 6.45) is 1.61. The first-order valence-electron chi connectivity index (χ1n) is 5.48. The van der Waals surface area contributed by atoms with Crippen LogP contribution in [0.1, 0.15) is 0 Å². The Morgan fingerprint density at radius 1 is 1.63 bits per heavy atom. The van der Waals surface area contributed by atoms with E-state index in [0.29, 0.717) is 19.0 Å². The topological polar surface area (TPSA) is 51.5 Å². The van der Waals surface area contributed by atoms with Gasteiger partial charge in [-0.3, -0.25) is 0 Å². The van der Waals surface area contributed by atoms with Crippen molar-refractivity contribution in [2.75, 3.05) is 31.3 Å². The highest BCUT2D eigenvalue weighted by atomic mass is 79.9. The second kappa shape index (κ2) is 6.55. The summed E-state index contributed by atoms with van der Waals surface area (Å²) in [4.78, 5) is 1.94. The normalized spacial score (nSPS) is 12.8. The Bertz CT molecular complexity index is 626. The van der Waals surface area contributed by atoms with Gasteiger partial charge in [0.1, 0.15) is 6.26 Å². The van der Waals surface area contributed by atoms with E-state index in [-0.39, 0.29) is 0 Å². The highest BCUT2D eigenvalue weighted by molar-refractivity contribution is 9.10. The van der Waals surface area contributed by atoms with Crippen LogP contribution in [0.4, 0.5) is 5.88 Å². The Labute approximate surface area is 132 Å². The fourth-order valence-electron chi connectivity index (χ4n) is 1.56. The van der Waals surface area contributed by atoms with Gasteiger partial charge < -0.3 is 13.9 Å². The molecule has 0 saturated heterocycles. The number of nitrogens with zero attached hydrogens (tertiary/aromatic N) is 1. The molecule has 0 bridgehead atoms. The lowest BCUT2D eigenvalue weighted by atomic mass is 10.4. The molecule has 2 aromatic heterocycles. The fourth-order valence-corrected chi connectivity index (χ4v) is 3.73. The predicted octanol–water partition coefficient (Wildman–Crippen LogP) is 3.31. The van der Waals surface area contributed by atoms with Gasteiger partial charge in [0.15, 0.2) is 11.5 Å². The van der Waals surface area contributed by atoms with Crippen LogP contribution in [0.15, 0.2) is 20.3 Å². The minimum atomic E-state index is -0.996. The Hall–Kier alpha value is -0.120. The molecule has 0 saturated carbocycles. The van der Waals surface area contributed by atoms with Crippen molar-refractivity contribution in [2.24, 2.45) is 0 Å². The third kappa shape index (κ3) is 3.71. The molecule has 0 amide bonds. The van der Waals surface area contributed by atoms with Crippen LogP contribution in [-0.2, 0) is 11.4 Å². The molecular formula is C11H13BrN2O2S3. The molecule has 0 radical (unpaired) electrons. The minimum Gasteiger partial charge on any atom is -0.598 e. The fraction of sp³-hybridized carbons (Fsp3) is 0.364. The van der Waals surface area contributed by atoms with Crippen molar-refractivity contribution in [1.82, 2.24) is 4.72 Å². The number of rotatable bonds is 5. The van der Waals surface area contributed by atoms with E-state index in [1.807, 2.05) is 23.4 Å². The van der Waals surface area contributed by atoms with Gasteiger partial charge in [-0.1, -0.05) is 12.2 Å². The molecule has 1 N–H and O–H groups in total. The first-order valence-corrected chi connectivity index (χ1v) is 9.12. The molecule has 104 valence electrons. The van der Waals surface area contributed by atoms with E-state index < -0.39 is 11.4 Å². The van der Waals surface area contributed by atoms with Crippen molar-refractivity contribution < 1.29 is 8.97 Å². The van der Waals surface area contributed by atoms with Crippen molar-refractivity contribution in [3.63, 3.8) is 0 Å². The van der Waals surface area contributed by atoms with Gasteiger partial charge in [0.05, 0.1) is 20.2 Å². The van der Waals surface area contributed by atoms with Crippen molar-refractivity contribution in [3.8, 4) is 0 Å². The monoisotopic (exact) mass is 380 g/mol. The molecule has 2 rings (SSSR count). The summed E-state index contributed by atoms with van der Waals surface area (Å²) in [5.41, 5.74) is 0.784. The van der Waals surface area contributed by atoms with Gasteiger partial charge >= 0.3 is 0 Å². The summed E-state index contributed by atoms with van der Waals surface area (Å²) in [6.45, 7) is 1.30. The van der Waals surface area contributed by atoms with E-state index in [1.165, 1.54) is 0 Å². The molecule has 0 aliphatic carbocycles. The van der Waals surface area contributed by atoms with Gasteiger partial charge in [-0.05, 0) is 15.9 Å². The predicted molar refractivity (Wildman–Crippen MR) is 88.0 cm³/mol. The van der Waals surface area contributed by atoms with Crippen LogP contribution in [0, 0.1) is 4.51 Å². The van der Waals surface area contributed by atoms with Gasteiger partial charge in [0.25, 0.3) is 0 Å². The van der Waals surface area contributed by atoms with Crippen molar-refractivity contribution in [3.05, 3.63) is 20.4 Å². The van der Waals surface area contributed by atoms with Crippen molar-refractivity contribution >= 4 is 67.0 Å². The van der Waals surface area contributed by atoms with Crippen LogP contribution in [0.2, 0.25) is 0 Å². The zero-order valence-corrected chi connectivity index (χ0v) is 14.5. The van der Waals surface area contributed by atoms with E-state index in [9.17, 15) is 4.55 Å². The van der Waals surface area contributed by atoms with Gasteiger partial charge in [-0.2, -0.15) is 0 Å². The molecule has 2 heterocycles. The summed E-state index contributed by atoms with van der Waals surface area (Å²) in [6, 6.07) is 1.85. The maximum atomic E-state index is 10.9. The number of thiophene rings is 1. The smallest absolute Gasteiger partial charge is 0.197 e. The second-order valence-electron chi connectivity index (χ2n) is 3.96. The Balaban J connectivity index is 2.20. The van der Waals surface area contributed by atoms with Crippen molar-refractivity contribution in [1.29, 1.82) is 0 Å². The van der Waals surface area contributed by atoms with Crippen LogP contribution in [0.5, 0.6) is 0 Å². The first-order chi connectivity index (χ1) is 8.99. The standard InChI is InChI=1S/C11H13BrN2O2S3/c1-14(4-3-13-19(2)15)9-5-8(17)11-10(16-9)7(12)6-18-11/h5-6,13H,3-4H2,1-2H3. The number of halogens is 1. The molecule has 0 aromatic carbocycles. The van der Waals surface area contributed by atoms with Crippen LogP contribution in [0.3, 0.4) is 0 Å². The van der Waals surface area contributed by atoms with Crippen LogP contribution in [0.25, 0.3) is 10.3 Å². The molecule has 0 fully saturated rings. The number of hydrogen-bond donors (Lipinski definition) is 1. The average Bonchev–Trinajstić information content (AvgIpc) is 2.71. The van der Waals surface area contributed by atoms with Crippen LogP contribution in [-0.4, -0.2) is 30.9 Å². The van der Waals surface area contributed by atoms with Gasteiger partial charge in [-0.15, -0.1) is 16.1 Å². The minimum absolute atomic E-state index is 0.616. The number of anilines is 1. The van der Waals surface area contributed by atoms with E-state index in [2.05, 4.69) is 20.7 Å². The van der Waals surface area contributed by atoms with E-state index in [1.54, 1.807) is 17.6 Å². The zero-order valence-electron chi connectivity index (χ0n) is 10.4. The van der Waals surface area contributed by atoms with Gasteiger partial charge in [0, 0.05) is 36.4 Å². The molecule has 0 spiro atoms. The van der Waals surface area contributed by atoms with Crippen molar-refractivity contribution in [2.45, 2.75) is 0 Å². The molecule has 1 unspecified atom stereocenters. The Morgan fingerprint density at radius 3 is 3.05 bits per heavy atom. The Morgan fingerprint density at radius 2 is 2.37 bits per heavy atom. The largest absolute Gasteiger partial charge is 0.598 e. The molecule has 4 nitrogen and oxygen atoms in total. The summed E-state index contributed by atoms with van der Waals surface area (Å²) in [5, 5.41) is 1.97. The van der Waals surface area contributed by atoms with E-state index in [0.717, 1.165) is 19.3 Å². The highest BCUT2D eigenvalue weighted by Crippen LogP contribution is 2.34. The first kappa shape index (κ1) is 15.3. The van der Waals surface area contributed by atoms with Crippen LogP contribution >= 0.6 is 39.5 Å². The molecular weight excluding hydrogens is 368 g/mol. The molecule has 19 heavy (non-hydrogen) atoms. The quantitative estimate of drug-likeness (QED) is 0.636. The molecule has 0 aliphatic rings. The third-order valence-electron chi connectivity index (χ3n) is 2.52. The lowest BCUT2D eigenvalue weighted by Crippen LogP contribution is -2.32. The van der Waals surface area contributed by atoms with Gasteiger partial charge in [-0.25, -0.2) is 0 Å². The maximum Gasteiger partial charge on any atom is 0.197 e. The van der Waals surface area contributed by atoms with E-state index >= 15 is 0 Å².